The number of halogens is 1. The number of carbonyl (C=O) groups excluding carboxylic acids is 2. The SMILES string of the molecule is CC1(C)N=CC2=C3N=C(c4ccccc4)N=C3C(=O)C(CCN3CCOCC3)C2C1=O.Cl. The highest BCUT2D eigenvalue weighted by atomic mass is 35.5. The van der Waals surface area contributed by atoms with E-state index < -0.39 is 17.4 Å². The quantitative estimate of drug-likeness (QED) is 0.699. The van der Waals surface area contributed by atoms with Crippen LogP contribution in [0.1, 0.15) is 25.8 Å². The standard InChI is InChI=1S/C24H26N4O3.ClH/c1-24(2)22(30)18-16(8-9-28-10-12-31-13-11-28)21(29)20-19(17(18)14-25-24)26-23(27-20)15-6-4-3-5-7-15;/h3-7,14,16,18H,8-13H2,1-2H3;1H. The van der Waals surface area contributed by atoms with Crippen LogP contribution in [0.3, 0.4) is 0 Å². The average Bonchev–Trinajstić information content (AvgIpc) is 3.23. The Morgan fingerprint density at radius 1 is 1.09 bits per heavy atom. The molecule has 32 heavy (non-hydrogen) atoms. The second kappa shape index (κ2) is 8.81. The van der Waals surface area contributed by atoms with Crippen LogP contribution in [-0.2, 0) is 14.3 Å². The van der Waals surface area contributed by atoms with Crippen LogP contribution in [0.25, 0.3) is 0 Å². The number of benzene rings is 1. The molecule has 4 aliphatic rings. The Labute approximate surface area is 193 Å². The van der Waals surface area contributed by atoms with Gasteiger partial charge in [-0.15, -0.1) is 12.4 Å². The number of fused-ring (bicyclic) bond motifs is 2. The summed E-state index contributed by atoms with van der Waals surface area (Å²) < 4.78 is 5.43. The lowest BCUT2D eigenvalue weighted by molar-refractivity contribution is -0.131. The van der Waals surface area contributed by atoms with Crippen LogP contribution in [0, 0.1) is 11.8 Å². The van der Waals surface area contributed by atoms with Gasteiger partial charge in [-0.05, 0) is 26.8 Å². The number of hydrogen-bond acceptors (Lipinski definition) is 7. The molecule has 0 N–H and O–H groups in total. The van der Waals surface area contributed by atoms with Crippen LogP contribution < -0.4 is 0 Å². The van der Waals surface area contributed by atoms with Gasteiger partial charge < -0.3 is 4.74 Å². The topological polar surface area (TPSA) is 83.7 Å². The van der Waals surface area contributed by atoms with E-state index in [1.165, 1.54) is 0 Å². The molecule has 0 amide bonds. The Balaban J connectivity index is 0.00000245. The second-order valence-electron chi connectivity index (χ2n) is 8.94. The first-order valence-corrected chi connectivity index (χ1v) is 10.9. The molecule has 0 aromatic heterocycles. The van der Waals surface area contributed by atoms with Crippen molar-refractivity contribution in [3.05, 3.63) is 47.2 Å². The Morgan fingerprint density at radius 3 is 2.53 bits per heavy atom. The molecule has 0 spiro atoms. The number of hydrogen-bond donors (Lipinski definition) is 0. The lowest BCUT2D eigenvalue weighted by Gasteiger charge is -2.38. The highest BCUT2D eigenvalue weighted by molar-refractivity contribution is 6.52. The third kappa shape index (κ3) is 3.89. The van der Waals surface area contributed by atoms with Crippen LogP contribution >= 0.6 is 12.4 Å². The highest BCUT2D eigenvalue weighted by Gasteiger charge is 2.51. The van der Waals surface area contributed by atoms with Crippen LogP contribution in [0.4, 0.5) is 0 Å². The minimum atomic E-state index is -0.842. The molecule has 2 unspecified atom stereocenters. The maximum atomic E-state index is 13.6. The summed E-state index contributed by atoms with van der Waals surface area (Å²) in [6.45, 7) is 7.49. The summed E-state index contributed by atoms with van der Waals surface area (Å²) in [6, 6.07) is 9.61. The van der Waals surface area contributed by atoms with Crippen molar-refractivity contribution in [2.45, 2.75) is 25.8 Å². The molecule has 1 aromatic carbocycles. The van der Waals surface area contributed by atoms with Crippen molar-refractivity contribution in [2.24, 2.45) is 26.8 Å². The highest BCUT2D eigenvalue weighted by Crippen LogP contribution is 2.41. The van der Waals surface area contributed by atoms with E-state index in [1.54, 1.807) is 6.21 Å². The van der Waals surface area contributed by atoms with Crippen molar-refractivity contribution in [3.63, 3.8) is 0 Å². The van der Waals surface area contributed by atoms with Gasteiger partial charge in [0.1, 0.15) is 16.9 Å². The first-order valence-electron chi connectivity index (χ1n) is 10.9. The van der Waals surface area contributed by atoms with E-state index in [2.05, 4.69) is 19.9 Å². The fourth-order valence-corrected chi connectivity index (χ4v) is 4.71. The molecular weight excluding hydrogens is 428 g/mol. The van der Waals surface area contributed by atoms with Crippen molar-refractivity contribution >= 4 is 41.7 Å². The largest absolute Gasteiger partial charge is 0.379 e. The molecule has 1 fully saturated rings. The summed E-state index contributed by atoms with van der Waals surface area (Å²) in [7, 11) is 0. The predicted octanol–water partition coefficient (Wildman–Crippen LogP) is 2.53. The van der Waals surface area contributed by atoms with Crippen LogP contribution in [-0.4, -0.2) is 72.6 Å². The van der Waals surface area contributed by atoms with Crippen LogP contribution in [0.2, 0.25) is 0 Å². The minimum absolute atomic E-state index is 0. The van der Waals surface area contributed by atoms with Gasteiger partial charge in [-0.2, -0.15) is 0 Å². The summed E-state index contributed by atoms with van der Waals surface area (Å²) in [5, 5.41) is 0. The zero-order chi connectivity index (χ0) is 21.6. The monoisotopic (exact) mass is 454 g/mol. The number of carbonyl (C=O) groups is 2. The Morgan fingerprint density at radius 2 is 1.81 bits per heavy atom. The van der Waals surface area contributed by atoms with Gasteiger partial charge in [0.25, 0.3) is 0 Å². The molecule has 5 rings (SSSR count). The van der Waals surface area contributed by atoms with E-state index in [4.69, 9.17) is 4.74 Å². The molecule has 0 radical (unpaired) electrons. The van der Waals surface area contributed by atoms with Gasteiger partial charge in [-0.1, -0.05) is 30.3 Å². The number of ether oxygens (including phenoxy) is 1. The van der Waals surface area contributed by atoms with Gasteiger partial charge >= 0.3 is 0 Å². The zero-order valence-corrected chi connectivity index (χ0v) is 19.1. The van der Waals surface area contributed by atoms with Gasteiger partial charge in [0.15, 0.2) is 17.4 Å². The number of rotatable bonds is 4. The summed E-state index contributed by atoms with van der Waals surface area (Å²) in [5.41, 5.74) is 1.64. The fraction of sp³-hybridized carbons (Fsp3) is 0.458. The molecule has 0 saturated carbocycles. The second-order valence-corrected chi connectivity index (χ2v) is 8.94. The lowest BCUT2D eigenvalue weighted by Crippen LogP contribution is -2.50. The van der Waals surface area contributed by atoms with E-state index in [-0.39, 0.29) is 24.0 Å². The maximum Gasteiger partial charge on any atom is 0.187 e. The predicted molar refractivity (Wildman–Crippen MR) is 126 cm³/mol. The molecule has 1 saturated heterocycles. The maximum absolute atomic E-state index is 13.6. The Bertz CT molecular complexity index is 1050. The van der Waals surface area contributed by atoms with Crippen molar-refractivity contribution in [1.29, 1.82) is 0 Å². The average molecular weight is 455 g/mol. The van der Waals surface area contributed by atoms with Crippen molar-refractivity contribution in [3.8, 4) is 0 Å². The van der Waals surface area contributed by atoms with E-state index in [9.17, 15) is 9.59 Å². The van der Waals surface area contributed by atoms with Gasteiger partial charge in [-0.3, -0.25) is 19.5 Å². The molecule has 3 heterocycles. The van der Waals surface area contributed by atoms with Gasteiger partial charge in [0.2, 0.25) is 0 Å². The molecule has 168 valence electrons. The third-order valence-corrected chi connectivity index (χ3v) is 6.54. The summed E-state index contributed by atoms with van der Waals surface area (Å²) in [4.78, 5) is 43.1. The summed E-state index contributed by atoms with van der Waals surface area (Å²) in [6.07, 6.45) is 2.36. The number of nitrogens with zero attached hydrogens (tertiary/aromatic N) is 4. The van der Waals surface area contributed by atoms with Crippen molar-refractivity contribution in [1.82, 2.24) is 4.90 Å². The lowest BCUT2D eigenvalue weighted by atomic mass is 9.67. The molecule has 1 aromatic rings. The molecule has 1 aliphatic carbocycles. The number of Topliss-reactive ketones (excluding diaryl/α,β-unsaturated/α-hetero) is 2. The Hall–Kier alpha value is -2.48. The minimum Gasteiger partial charge on any atom is -0.379 e. The van der Waals surface area contributed by atoms with Crippen molar-refractivity contribution < 1.29 is 14.3 Å². The van der Waals surface area contributed by atoms with Gasteiger partial charge in [0, 0.05) is 36.4 Å². The number of morpholine rings is 1. The summed E-state index contributed by atoms with van der Waals surface area (Å²) >= 11 is 0. The molecule has 7 nitrogen and oxygen atoms in total. The molecule has 8 heteroatoms. The third-order valence-electron chi connectivity index (χ3n) is 6.54. The van der Waals surface area contributed by atoms with E-state index in [0.717, 1.165) is 30.8 Å². The van der Waals surface area contributed by atoms with E-state index in [0.29, 0.717) is 36.9 Å². The molecule has 0 bridgehead atoms. The molecular formula is C24H27ClN4O3. The number of allylic oxidation sites excluding steroid dienone is 2. The fourth-order valence-electron chi connectivity index (χ4n) is 4.71. The first-order chi connectivity index (χ1) is 15.0. The molecule has 2 atom stereocenters. The smallest absolute Gasteiger partial charge is 0.187 e. The van der Waals surface area contributed by atoms with E-state index in [1.807, 2.05) is 44.2 Å². The first kappa shape index (κ1) is 22.7. The van der Waals surface area contributed by atoms with Crippen LogP contribution in [0.5, 0.6) is 0 Å². The van der Waals surface area contributed by atoms with E-state index >= 15 is 0 Å². The van der Waals surface area contributed by atoms with Gasteiger partial charge in [0.05, 0.1) is 19.1 Å². The Kier molecular flexibility index (Phi) is 6.25. The van der Waals surface area contributed by atoms with Crippen molar-refractivity contribution in [2.75, 3.05) is 32.8 Å². The summed E-state index contributed by atoms with van der Waals surface area (Å²) in [5.74, 6) is -0.533. The van der Waals surface area contributed by atoms with Gasteiger partial charge in [-0.25, -0.2) is 9.98 Å². The number of amidine groups is 1. The number of ketones is 2. The molecule has 3 aliphatic heterocycles. The zero-order valence-electron chi connectivity index (χ0n) is 18.3. The normalized spacial score (nSPS) is 26.8. The van der Waals surface area contributed by atoms with Crippen LogP contribution in [0.15, 0.2) is 56.6 Å². The number of aliphatic imine (C=N–C) groups is 3.